The van der Waals surface area contributed by atoms with Crippen LogP contribution in [0.5, 0.6) is 0 Å². The molecule has 1 aromatic carbocycles. The summed E-state index contributed by atoms with van der Waals surface area (Å²) >= 11 is 0. The number of rotatable bonds is 3. The molecule has 1 atom stereocenters. The van der Waals surface area contributed by atoms with Gasteiger partial charge in [-0.15, -0.1) is 0 Å². The molecule has 0 aliphatic carbocycles. The number of hydrogen-bond donors (Lipinski definition) is 2. The van der Waals surface area contributed by atoms with E-state index in [9.17, 15) is 0 Å². The third kappa shape index (κ3) is 2.44. The molecule has 0 radical (unpaired) electrons. The van der Waals surface area contributed by atoms with E-state index in [0.717, 1.165) is 41.5 Å². The molecule has 1 unspecified atom stereocenters. The van der Waals surface area contributed by atoms with Crippen LogP contribution in [0.15, 0.2) is 42.5 Å². The zero-order valence-electron chi connectivity index (χ0n) is 12.6. The Labute approximate surface area is 129 Å². The van der Waals surface area contributed by atoms with Crippen molar-refractivity contribution in [3.05, 3.63) is 53.9 Å². The molecule has 22 heavy (non-hydrogen) atoms. The molecule has 1 aliphatic rings. The van der Waals surface area contributed by atoms with Crippen LogP contribution in [0, 0.1) is 6.92 Å². The molecule has 1 aliphatic heterocycles. The van der Waals surface area contributed by atoms with E-state index < -0.39 is 0 Å². The SMILES string of the molecule is Cc1cc(Nc2ccccc2)n2nc(C3CCCN3)cc2n1. The summed E-state index contributed by atoms with van der Waals surface area (Å²) in [6.07, 6.45) is 2.35. The highest BCUT2D eigenvalue weighted by Gasteiger charge is 2.20. The van der Waals surface area contributed by atoms with Crippen LogP contribution in [0.2, 0.25) is 0 Å². The summed E-state index contributed by atoms with van der Waals surface area (Å²) in [6.45, 7) is 3.08. The van der Waals surface area contributed by atoms with Crippen molar-refractivity contribution in [2.75, 3.05) is 11.9 Å². The van der Waals surface area contributed by atoms with Gasteiger partial charge < -0.3 is 10.6 Å². The highest BCUT2D eigenvalue weighted by atomic mass is 15.3. The lowest BCUT2D eigenvalue weighted by Gasteiger charge is -2.09. The average Bonchev–Trinajstić information content (AvgIpc) is 3.16. The third-order valence-corrected chi connectivity index (χ3v) is 4.04. The predicted octanol–water partition coefficient (Wildman–Crippen LogP) is 3.21. The van der Waals surface area contributed by atoms with Gasteiger partial charge in [0, 0.05) is 23.5 Å². The maximum Gasteiger partial charge on any atom is 0.157 e. The lowest BCUT2D eigenvalue weighted by atomic mass is 10.2. The number of para-hydroxylation sites is 1. The highest BCUT2D eigenvalue weighted by molar-refractivity contribution is 5.60. The molecule has 3 heterocycles. The zero-order valence-corrected chi connectivity index (χ0v) is 12.6. The van der Waals surface area contributed by atoms with Gasteiger partial charge in [0.15, 0.2) is 5.65 Å². The van der Waals surface area contributed by atoms with Crippen molar-refractivity contribution in [2.45, 2.75) is 25.8 Å². The van der Waals surface area contributed by atoms with E-state index in [1.165, 1.54) is 6.42 Å². The summed E-state index contributed by atoms with van der Waals surface area (Å²) in [5, 5.41) is 11.7. The normalized spacial score (nSPS) is 18.0. The molecule has 1 saturated heterocycles. The Hall–Kier alpha value is -2.40. The van der Waals surface area contributed by atoms with E-state index in [-0.39, 0.29) is 0 Å². The lowest BCUT2D eigenvalue weighted by Crippen LogP contribution is -2.13. The van der Waals surface area contributed by atoms with Gasteiger partial charge in [-0.25, -0.2) is 4.98 Å². The molecule has 5 nitrogen and oxygen atoms in total. The number of nitrogens with one attached hydrogen (secondary N) is 2. The van der Waals surface area contributed by atoms with E-state index >= 15 is 0 Å². The Bertz CT molecular complexity index is 787. The van der Waals surface area contributed by atoms with Crippen molar-refractivity contribution in [3.63, 3.8) is 0 Å². The molecule has 0 spiro atoms. The summed E-state index contributed by atoms with van der Waals surface area (Å²) in [4.78, 5) is 4.60. The van der Waals surface area contributed by atoms with Crippen LogP contribution in [0.25, 0.3) is 5.65 Å². The molecule has 0 bridgehead atoms. The topological polar surface area (TPSA) is 54.2 Å². The summed E-state index contributed by atoms with van der Waals surface area (Å²) in [7, 11) is 0. The molecule has 112 valence electrons. The van der Waals surface area contributed by atoms with Crippen molar-refractivity contribution in [2.24, 2.45) is 0 Å². The van der Waals surface area contributed by atoms with E-state index in [4.69, 9.17) is 5.10 Å². The fourth-order valence-corrected chi connectivity index (χ4v) is 2.98. The molecule has 0 amide bonds. The van der Waals surface area contributed by atoms with E-state index in [0.29, 0.717) is 6.04 Å². The number of nitrogens with zero attached hydrogens (tertiary/aromatic N) is 3. The minimum atomic E-state index is 0.353. The number of aryl methyl sites for hydroxylation is 1. The minimum Gasteiger partial charge on any atom is -0.340 e. The summed E-state index contributed by atoms with van der Waals surface area (Å²) in [5.74, 6) is 0.943. The smallest absolute Gasteiger partial charge is 0.157 e. The van der Waals surface area contributed by atoms with Gasteiger partial charge in [-0.05, 0) is 38.4 Å². The van der Waals surface area contributed by atoms with Crippen LogP contribution in [0.1, 0.15) is 30.3 Å². The van der Waals surface area contributed by atoms with Crippen molar-refractivity contribution >= 4 is 17.2 Å². The molecule has 0 saturated carbocycles. The lowest BCUT2D eigenvalue weighted by molar-refractivity contribution is 0.621. The van der Waals surface area contributed by atoms with Crippen LogP contribution in [0.4, 0.5) is 11.5 Å². The average molecular weight is 293 g/mol. The fraction of sp³-hybridized carbons (Fsp3) is 0.294. The van der Waals surface area contributed by atoms with Crippen molar-refractivity contribution in [1.82, 2.24) is 19.9 Å². The van der Waals surface area contributed by atoms with Crippen LogP contribution in [0.3, 0.4) is 0 Å². The maximum absolute atomic E-state index is 4.76. The van der Waals surface area contributed by atoms with Crippen LogP contribution >= 0.6 is 0 Å². The third-order valence-electron chi connectivity index (χ3n) is 4.04. The van der Waals surface area contributed by atoms with E-state index in [1.807, 2.05) is 47.8 Å². The molecular weight excluding hydrogens is 274 g/mol. The van der Waals surface area contributed by atoms with Crippen LogP contribution < -0.4 is 10.6 Å². The summed E-state index contributed by atoms with van der Waals surface area (Å²) < 4.78 is 1.90. The zero-order chi connectivity index (χ0) is 14.9. The van der Waals surface area contributed by atoms with Crippen molar-refractivity contribution in [1.29, 1.82) is 0 Å². The minimum absolute atomic E-state index is 0.353. The molecule has 2 N–H and O–H groups in total. The highest BCUT2D eigenvalue weighted by Crippen LogP contribution is 2.25. The number of aromatic nitrogens is 3. The van der Waals surface area contributed by atoms with Gasteiger partial charge in [-0.2, -0.15) is 9.61 Å². The van der Waals surface area contributed by atoms with Gasteiger partial charge in [0.25, 0.3) is 0 Å². The van der Waals surface area contributed by atoms with Gasteiger partial charge in [-0.1, -0.05) is 18.2 Å². The van der Waals surface area contributed by atoms with Gasteiger partial charge >= 0.3 is 0 Å². The Morgan fingerprint density at radius 2 is 2.09 bits per heavy atom. The number of benzene rings is 1. The van der Waals surface area contributed by atoms with E-state index in [1.54, 1.807) is 0 Å². The molecule has 5 heteroatoms. The largest absolute Gasteiger partial charge is 0.340 e. The fourth-order valence-electron chi connectivity index (χ4n) is 2.98. The predicted molar refractivity (Wildman–Crippen MR) is 87.4 cm³/mol. The Balaban J connectivity index is 1.76. The second-order valence-corrected chi connectivity index (χ2v) is 5.76. The first-order valence-corrected chi connectivity index (χ1v) is 7.72. The van der Waals surface area contributed by atoms with Crippen molar-refractivity contribution < 1.29 is 0 Å². The molecule has 4 rings (SSSR count). The van der Waals surface area contributed by atoms with Crippen LogP contribution in [-0.4, -0.2) is 21.1 Å². The summed E-state index contributed by atoms with van der Waals surface area (Å²) in [6, 6.07) is 14.6. The van der Waals surface area contributed by atoms with Crippen molar-refractivity contribution in [3.8, 4) is 0 Å². The first-order valence-electron chi connectivity index (χ1n) is 7.72. The first-order chi connectivity index (χ1) is 10.8. The Morgan fingerprint density at radius 3 is 2.86 bits per heavy atom. The quantitative estimate of drug-likeness (QED) is 0.778. The molecular formula is C17H19N5. The monoisotopic (exact) mass is 293 g/mol. The number of hydrogen-bond acceptors (Lipinski definition) is 4. The second-order valence-electron chi connectivity index (χ2n) is 5.76. The standard InChI is InChI=1S/C17H19N5/c1-12-10-16(20-13-6-3-2-4-7-13)22-17(19-12)11-15(21-22)14-8-5-9-18-14/h2-4,6-7,10-11,14,18,20H,5,8-9H2,1H3. The second kappa shape index (κ2) is 5.42. The molecule has 2 aromatic heterocycles. The van der Waals surface area contributed by atoms with Gasteiger partial charge in [0.05, 0.1) is 11.7 Å². The van der Waals surface area contributed by atoms with Gasteiger partial charge in [0.1, 0.15) is 5.82 Å². The summed E-state index contributed by atoms with van der Waals surface area (Å²) in [5.41, 5.74) is 4.00. The van der Waals surface area contributed by atoms with E-state index in [2.05, 4.69) is 21.7 Å². The number of anilines is 2. The Morgan fingerprint density at radius 1 is 1.23 bits per heavy atom. The maximum atomic E-state index is 4.76. The molecule has 1 fully saturated rings. The first kappa shape index (κ1) is 13.3. The van der Waals surface area contributed by atoms with Crippen LogP contribution in [-0.2, 0) is 0 Å². The molecule has 3 aromatic rings. The Kier molecular flexibility index (Phi) is 3.27. The number of fused-ring (bicyclic) bond motifs is 1. The van der Waals surface area contributed by atoms with Gasteiger partial charge in [0.2, 0.25) is 0 Å². The van der Waals surface area contributed by atoms with Gasteiger partial charge in [-0.3, -0.25) is 0 Å².